The Balaban J connectivity index is 1.26. The number of nitrogens with zero attached hydrogens (tertiary/aromatic N) is 3. The fraction of sp³-hybridized carbons (Fsp3) is 0.393. The summed E-state index contributed by atoms with van der Waals surface area (Å²) >= 11 is 1.64. The lowest BCUT2D eigenvalue weighted by molar-refractivity contribution is -0.132. The molecule has 0 saturated heterocycles. The monoisotopic (exact) mass is 537 g/mol. The molecule has 1 fully saturated rings. The van der Waals surface area contributed by atoms with E-state index < -0.39 is 6.10 Å². The summed E-state index contributed by atoms with van der Waals surface area (Å²) in [6.07, 6.45) is 3.37. The molecule has 10 heteroatoms. The molecule has 3 aromatic rings. The third-order valence-electron chi connectivity index (χ3n) is 7.16. The molecule has 4 N–H and O–H groups in total. The highest BCUT2D eigenvalue weighted by Crippen LogP contribution is 2.37. The second-order valence-electron chi connectivity index (χ2n) is 9.78. The lowest BCUT2D eigenvalue weighted by Crippen LogP contribution is -2.42. The molecule has 200 valence electrons. The number of thioether (sulfide) groups is 1. The minimum absolute atomic E-state index is 0.0717. The quantitative estimate of drug-likeness (QED) is 0.218. The van der Waals surface area contributed by atoms with Gasteiger partial charge in [-0.2, -0.15) is 0 Å². The van der Waals surface area contributed by atoms with Crippen LogP contribution in [-0.4, -0.2) is 50.3 Å². The van der Waals surface area contributed by atoms with Crippen LogP contribution in [0.5, 0.6) is 0 Å². The number of nitrogen functional groups attached to an aromatic ring is 1. The van der Waals surface area contributed by atoms with Crippen LogP contribution in [0.25, 0.3) is 5.69 Å². The first-order valence-electron chi connectivity index (χ1n) is 13.0. The number of para-hydroxylation sites is 2. The fourth-order valence-electron chi connectivity index (χ4n) is 4.68. The molecule has 1 aromatic heterocycles. The summed E-state index contributed by atoms with van der Waals surface area (Å²) in [5.74, 6) is -0.428. The van der Waals surface area contributed by atoms with E-state index in [0.717, 1.165) is 18.5 Å². The topological polar surface area (TPSA) is 113 Å². The van der Waals surface area contributed by atoms with Crippen molar-refractivity contribution in [2.24, 2.45) is 0 Å². The number of anilines is 1. The molecular weight excluding hydrogens is 505 g/mol. The Morgan fingerprint density at radius 2 is 1.97 bits per heavy atom. The van der Waals surface area contributed by atoms with Gasteiger partial charge < -0.3 is 21.1 Å². The van der Waals surface area contributed by atoms with E-state index in [0.29, 0.717) is 52.4 Å². The zero-order valence-electron chi connectivity index (χ0n) is 21.1. The van der Waals surface area contributed by atoms with Crippen LogP contribution in [-0.2, 0) is 17.8 Å². The second-order valence-corrected chi connectivity index (χ2v) is 11.0. The summed E-state index contributed by atoms with van der Waals surface area (Å²) in [4.78, 5) is 33.4. The van der Waals surface area contributed by atoms with Gasteiger partial charge in [0.05, 0.1) is 35.3 Å². The summed E-state index contributed by atoms with van der Waals surface area (Å²) in [6, 6.07) is 13.0. The molecule has 2 heterocycles. The summed E-state index contributed by atoms with van der Waals surface area (Å²) in [6.45, 7) is 1.33. The van der Waals surface area contributed by atoms with E-state index in [2.05, 4.69) is 5.32 Å². The summed E-state index contributed by atoms with van der Waals surface area (Å²) in [5, 5.41) is 14.5. The van der Waals surface area contributed by atoms with Crippen LogP contribution in [0.4, 0.5) is 10.1 Å². The molecular formula is C28H32FN5O3S. The third kappa shape index (κ3) is 5.77. The van der Waals surface area contributed by atoms with E-state index in [9.17, 15) is 19.1 Å². The van der Waals surface area contributed by atoms with Crippen LogP contribution in [0, 0.1) is 5.82 Å². The number of fused-ring (bicyclic) bond motifs is 1. The van der Waals surface area contributed by atoms with Crippen LogP contribution in [0.1, 0.15) is 48.6 Å². The Bertz CT molecular complexity index is 1360. The van der Waals surface area contributed by atoms with Crippen molar-refractivity contribution in [3.8, 4) is 5.69 Å². The standard InChI is InChI=1S/C28H32FN5O3S/c29-19-10-8-18(9-11-19)25(35)16-31-14-12-26(36)33-15-13-23-21(17-33)27(37)34(24-7-2-1-6-22(24)30)28(32-23)38-20-4-3-5-20/h1-2,6-11,20,25,31,35H,3-5,12-17,30H2/t25-/m0/s1. The number of carbonyl (C=O) groups is 1. The Kier molecular flexibility index (Phi) is 8.11. The first-order chi connectivity index (χ1) is 18.4. The normalized spacial score (nSPS) is 16.1. The number of nitrogens with one attached hydrogen (secondary N) is 1. The summed E-state index contributed by atoms with van der Waals surface area (Å²) in [7, 11) is 0. The van der Waals surface area contributed by atoms with E-state index in [1.807, 2.05) is 18.2 Å². The zero-order chi connectivity index (χ0) is 26.6. The Hall–Kier alpha value is -3.21. The van der Waals surface area contributed by atoms with Crippen molar-refractivity contribution in [1.82, 2.24) is 19.8 Å². The first kappa shape index (κ1) is 26.4. The van der Waals surface area contributed by atoms with E-state index in [4.69, 9.17) is 10.7 Å². The van der Waals surface area contributed by atoms with Gasteiger partial charge in [0.25, 0.3) is 5.56 Å². The van der Waals surface area contributed by atoms with Crippen molar-refractivity contribution in [3.05, 3.63) is 81.5 Å². The summed E-state index contributed by atoms with van der Waals surface area (Å²) < 4.78 is 14.7. The number of rotatable bonds is 9. The van der Waals surface area contributed by atoms with Gasteiger partial charge in [-0.15, -0.1) is 0 Å². The maximum absolute atomic E-state index is 13.8. The molecule has 1 atom stereocenters. The Morgan fingerprint density at radius 1 is 1.21 bits per heavy atom. The third-order valence-corrected chi connectivity index (χ3v) is 8.45. The number of aromatic nitrogens is 2. The van der Waals surface area contributed by atoms with Gasteiger partial charge in [0, 0.05) is 37.7 Å². The largest absolute Gasteiger partial charge is 0.397 e. The summed E-state index contributed by atoms with van der Waals surface area (Å²) in [5.41, 5.74) is 9.09. The number of hydrogen-bond acceptors (Lipinski definition) is 7. The number of aliphatic hydroxyl groups is 1. The molecule has 0 spiro atoms. The average Bonchev–Trinajstić information content (AvgIpc) is 2.89. The predicted molar refractivity (Wildman–Crippen MR) is 146 cm³/mol. The van der Waals surface area contributed by atoms with Crippen molar-refractivity contribution < 1.29 is 14.3 Å². The minimum atomic E-state index is -0.797. The molecule has 2 aromatic carbocycles. The number of nitrogens with two attached hydrogens (primary N) is 1. The average molecular weight is 538 g/mol. The highest BCUT2D eigenvalue weighted by atomic mass is 32.2. The molecule has 8 nitrogen and oxygen atoms in total. The highest BCUT2D eigenvalue weighted by molar-refractivity contribution is 7.99. The number of aliphatic hydroxyl groups excluding tert-OH is 1. The van der Waals surface area contributed by atoms with Gasteiger partial charge in [-0.1, -0.05) is 42.4 Å². The van der Waals surface area contributed by atoms with Crippen LogP contribution < -0.4 is 16.6 Å². The molecule has 5 rings (SSSR count). The number of hydrogen-bond donors (Lipinski definition) is 3. The SMILES string of the molecule is Nc1ccccc1-n1c(SC2CCC2)nc2c(c1=O)CN(C(=O)CCNC[C@H](O)c1ccc(F)cc1)CC2. The number of amides is 1. The maximum atomic E-state index is 13.8. The zero-order valence-corrected chi connectivity index (χ0v) is 21.9. The van der Waals surface area contributed by atoms with Gasteiger partial charge in [-0.3, -0.25) is 14.2 Å². The fourth-order valence-corrected chi connectivity index (χ4v) is 6.00. The van der Waals surface area contributed by atoms with Crippen LogP contribution in [0.2, 0.25) is 0 Å². The van der Waals surface area contributed by atoms with E-state index in [1.165, 1.54) is 30.7 Å². The van der Waals surface area contributed by atoms with Crippen molar-refractivity contribution in [3.63, 3.8) is 0 Å². The molecule has 1 aliphatic heterocycles. The van der Waals surface area contributed by atoms with E-state index in [1.54, 1.807) is 27.3 Å². The molecule has 2 aliphatic rings. The van der Waals surface area contributed by atoms with Gasteiger partial charge in [-0.25, -0.2) is 9.37 Å². The van der Waals surface area contributed by atoms with Gasteiger partial charge in [-0.05, 0) is 42.7 Å². The second kappa shape index (κ2) is 11.7. The Morgan fingerprint density at radius 3 is 2.68 bits per heavy atom. The van der Waals surface area contributed by atoms with Gasteiger partial charge in [0.2, 0.25) is 5.91 Å². The van der Waals surface area contributed by atoms with Crippen molar-refractivity contribution >= 4 is 23.4 Å². The smallest absolute Gasteiger partial charge is 0.264 e. The van der Waals surface area contributed by atoms with E-state index in [-0.39, 0.29) is 36.8 Å². The number of carbonyl (C=O) groups excluding carboxylic acids is 1. The molecule has 0 bridgehead atoms. The van der Waals surface area contributed by atoms with Gasteiger partial charge >= 0.3 is 0 Å². The van der Waals surface area contributed by atoms with E-state index >= 15 is 0 Å². The lowest BCUT2D eigenvalue weighted by atomic mass is 10.0. The molecule has 0 unspecified atom stereocenters. The van der Waals surface area contributed by atoms with Crippen LogP contribution in [0.3, 0.4) is 0 Å². The first-order valence-corrected chi connectivity index (χ1v) is 13.9. The van der Waals surface area contributed by atoms with Gasteiger partial charge in [0.15, 0.2) is 5.16 Å². The molecule has 1 saturated carbocycles. The number of benzene rings is 2. The highest BCUT2D eigenvalue weighted by Gasteiger charge is 2.29. The van der Waals surface area contributed by atoms with Crippen molar-refractivity contribution in [1.29, 1.82) is 0 Å². The van der Waals surface area contributed by atoms with Crippen molar-refractivity contribution in [2.75, 3.05) is 25.4 Å². The van der Waals surface area contributed by atoms with Crippen molar-refractivity contribution in [2.45, 2.75) is 55.2 Å². The maximum Gasteiger partial charge on any atom is 0.264 e. The molecule has 1 aliphatic carbocycles. The Labute approximate surface area is 225 Å². The number of halogens is 1. The molecule has 0 radical (unpaired) electrons. The predicted octanol–water partition coefficient (Wildman–Crippen LogP) is 3.20. The van der Waals surface area contributed by atoms with Crippen LogP contribution >= 0.6 is 11.8 Å². The van der Waals surface area contributed by atoms with Crippen LogP contribution in [0.15, 0.2) is 58.5 Å². The van der Waals surface area contributed by atoms with Gasteiger partial charge in [0.1, 0.15) is 5.82 Å². The molecule has 38 heavy (non-hydrogen) atoms. The minimum Gasteiger partial charge on any atom is -0.397 e. The lowest BCUT2D eigenvalue weighted by Gasteiger charge is -2.30. The molecule has 1 amide bonds.